The Morgan fingerprint density at radius 2 is 2.33 bits per heavy atom. The van der Waals surface area contributed by atoms with Gasteiger partial charge in [0, 0.05) is 18.1 Å². The predicted molar refractivity (Wildman–Crippen MR) is 62.8 cm³/mol. The van der Waals surface area contributed by atoms with Gasteiger partial charge in [-0.05, 0) is 19.4 Å². The second-order valence-corrected chi connectivity index (χ2v) is 6.04. The monoisotopic (exact) mass is 266 g/mol. The standard InChI is InChI=1S/C10H12Cl2O2S/c1-5-6(2-3-14-5)9(13)7-4-8(11)15-10(7)12/h4-6,9,13H,2-3H2,1H3. The van der Waals surface area contributed by atoms with Gasteiger partial charge in [0.05, 0.1) is 16.5 Å². The second-order valence-electron chi connectivity index (χ2n) is 3.75. The molecule has 1 N–H and O–H groups in total. The average Bonchev–Trinajstić information content (AvgIpc) is 2.71. The Hall–Kier alpha value is 0.200. The quantitative estimate of drug-likeness (QED) is 0.888. The van der Waals surface area contributed by atoms with Crippen molar-refractivity contribution < 1.29 is 9.84 Å². The van der Waals surface area contributed by atoms with Crippen LogP contribution in [0.3, 0.4) is 0 Å². The van der Waals surface area contributed by atoms with E-state index < -0.39 is 6.10 Å². The van der Waals surface area contributed by atoms with Crippen molar-refractivity contribution in [3.63, 3.8) is 0 Å². The van der Waals surface area contributed by atoms with Crippen LogP contribution in [0.15, 0.2) is 6.07 Å². The molecule has 0 aromatic carbocycles. The maximum atomic E-state index is 10.2. The largest absolute Gasteiger partial charge is 0.388 e. The van der Waals surface area contributed by atoms with Gasteiger partial charge < -0.3 is 9.84 Å². The number of halogens is 2. The Morgan fingerprint density at radius 3 is 2.80 bits per heavy atom. The molecule has 1 aliphatic heterocycles. The molecule has 15 heavy (non-hydrogen) atoms. The summed E-state index contributed by atoms with van der Waals surface area (Å²) in [5.41, 5.74) is 0.731. The first-order chi connectivity index (χ1) is 7.09. The van der Waals surface area contributed by atoms with E-state index in [2.05, 4.69) is 0 Å². The summed E-state index contributed by atoms with van der Waals surface area (Å²) < 4.78 is 6.61. The molecule has 5 heteroatoms. The van der Waals surface area contributed by atoms with Crippen molar-refractivity contribution in [3.8, 4) is 0 Å². The van der Waals surface area contributed by atoms with Crippen molar-refractivity contribution in [3.05, 3.63) is 20.3 Å². The Bertz CT molecular complexity index is 353. The molecule has 0 spiro atoms. The minimum atomic E-state index is -0.571. The molecule has 1 saturated heterocycles. The van der Waals surface area contributed by atoms with Crippen LogP contribution in [-0.2, 0) is 4.74 Å². The molecule has 0 saturated carbocycles. The summed E-state index contributed by atoms with van der Waals surface area (Å²) in [4.78, 5) is 0. The minimum Gasteiger partial charge on any atom is -0.388 e. The van der Waals surface area contributed by atoms with Crippen LogP contribution in [0, 0.1) is 5.92 Å². The lowest BCUT2D eigenvalue weighted by Crippen LogP contribution is -2.19. The number of ether oxygens (including phenoxy) is 1. The van der Waals surface area contributed by atoms with Crippen LogP contribution in [0.4, 0.5) is 0 Å². The number of thiophene rings is 1. The first kappa shape index (κ1) is 11.7. The third-order valence-corrected chi connectivity index (χ3v) is 4.36. The van der Waals surface area contributed by atoms with Crippen LogP contribution in [-0.4, -0.2) is 17.8 Å². The Balaban J connectivity index is 2.19. The van der Waals surface area contributed by atoms with E-state index in [4.69, 9.17) is 27.9 Å². The molecule has 0 bridgehead atoms. The van der Waals surface area contributed by atoms with Crippen LogP contribution >= 0.6 is 34.5 Å². The van der Waals surface area contributed by atoms with Crippen LogP contribution in [0.2, 0.25) is 8.67 Å². The topological polar surface area (TPSA) is 29.5 Å². The van der Waals surface area contributed by atoms with Gasteiger partial charge in [0.25, 0.3) is 0 Å². The normalized spacial score (nSPS) is 28.3. The lowest BCUT2D eigenvalue weighted by molar-refractivity contribution is 0.0434. The van der Waals surface area contributed by atoms with Gasteiger partial charge in [-0.25, -0.2) is 0 Å². The highest BCUT2D eigenvalue weighted by molar-refractivity contribution is 7.20. The molecule has 3 atom stereocenters. The van der Waals surface area contributed by atoms with Gasteiger partial charge in [0.15, 0.2) is 0 Å². The van der Waals surface area contributed by atoms with E-state index in [0.717, 1.165) is 12.0 Å². The van der Waals surface area contributed by atoms with Crippen LogP contribution < -0.4 is 0 Å². The second kappa shape index (κ2) is 4.60. The highest BCUT2D eigenvalue weighted by Crippen LogP contribution is 2.41. The highest BCUT2D eigenvalue weighted by atomic mass is 35.5. The van der Waals surface area contributed by atoms with Gasteiger partial charge >= 0.3 is 0 Å². The molecule has 1 aromatic heterocycles. The third kappa shape index (κ3) is 2.32. The summed E-state index contributed by atoms with van der Waals surface area (Å²) in [6, 6.07) is 1.74. The van der Waals surface area contributed by atoms with Crippen molar-refractivity contribution in [1.29, 1.82) is 0 Å². The summed E-state index contributed by atoms with van der Waals surface area (Å²) in [7, 11) is 0. The van der Waals surface area contributed by atoms with Gasteiger partial charge in [-0.15, -0.1) is 11.3 Å². The fourth-order valence-corrected chi connectivity index (χ4v) is 3.49. The summed E-state index contributed by atoms with van der Waals surface area (Å²) in [5, 5.41) is 10.2. The fourth-order valence-electron chi connectivity index (χ4n) is 1.95. The molecule has 2 rings (SSSR count). The molecular formula is C10H12Cl2O2S. The number of hydrogen-bond donors (Lipinski definition) is 1. The molecule has 0 radical (unpaired) electrons. The van der Waals surface area contributed by atoms with E-state index in [0.29, 0.717) is 15.3 Å². The summed E-state index contributed by atoms with van der Waals surface area (Å²) in [5.74, 6) is 0.119. The molecule has 1 aliphatic rings. The van der Waals surface area contributed by atoms with Gasteiger partial charge in [0.1, 0.15) is 4.34 Å². The summed E-state index contributed by atoms with van der Waals surface area (Å²) >= 11 is 13.1. The summed E-state index contributed by atoms with van der Waals surface area (Å²) in [6.45, 7) is 2.68. The van der Waals surface area contributed by atoms with Gasteiger partial charge in [0.2, 0.25) is 0 Å². The Morgan fingerprint density at radius 1 is 1.60 bits per heavy atom. The molecule has 3 unspecified atom stereocenters. The van der Waals surface area contributed by atoms with E-state index in [9.17, 15) is 5.11 Å². The van der Waals surface area contributed by atoms with E-state index in [1.54, 1.807) is 6.07 Å². The van der Waals surface area contributed by atoms with Gasteiger partial charge in [-0.2, -0.15) is 0 Å². The third-order valence-electron chi connectivity index (χ3n) is 2.84. The maximum absolute atomic E-state index is 10.2. The zero-order valence-corrected chi connectivity index (χ0v) is 10.6. The minimum absolute atomic E-state index is 0.0785. The maximum Gasteiger partial charge on any atom is 0.100 e. The fraction of sp³-hybridized carbons (Fsp3) is 0.600. The van der Waals surface area contributed by atoms with E-state index in [-0.39, 0.29) is 12.0 Å². The lowest BCUT2D eigenvalue weighted by atomic mass is 9.92. The first-order valence-corrected chi connectivity index (χ1v) is 6.41. The molecule has 2 nitrogen and oxygen atoms in total. The van der Waals surface area contributed by atoms with Crippen molar-refractivity contribution >= 4 is 34.5 Å². The van der Waals surface area contributed by atoms with E-state index in [1.165, 1.54) is 11.3 Å². The number of aliphatic hydroxyl groups excluding tert-OH is 1. The Kier molecular flexibility index (Phi) is 3.58. The van der Waals surface area contributed by atoms with Gasteiger partial charge in [-0.3, -0.25) is 0 Å². The van der Waals surface area contributed by atoms with Crippen molar-refractivity contribution in [2.24, 2.45) is 5.92 Å². The lowest BCUT2D eigenvalue weighted by Gasteiger charge is -2.20. The predicted octanol–water partition coefficient (Wildman–Crippen LogP) is 3.51. The first-order valence-electron chi connectivity index (χ1n) is 4.84. The Labute approximate surface area is 103 Å². The highest BCUT2D eigenvalue weighted by Gasteiger charge is 2.33. The molecule has 0 aliphatic carbocycles. The molecule has 2 heterocycles. The van der Waals surface area contributed by atoms with Crippen molar-refractivity contribution in [1.82, 2.24) is 0 Å². The van der Waals surface area contributed by atoms with Gasteiger partial charge in [-0.1, -0.05) is 23.2 Å². The van der Waals surface area contributed by atoms with E-state index in [1.807, 2.05) is 6.92 Å². The molecule has 84 valence electrons. The summed E-state index contributed by atoms with van der Waals surface area (Å²) in [6.07, 6.45) is 0.375. The molecular weight excluding hydrogens is 255 g/mol. The van der Waals surface area contributed by atoms with E-state index >= 15 is 0 Å². The zero-order valence-electron chi connectivity index (χ0n) is 8.24. The van der Waals surface area contributed by atoms with Crippen LogP contribution in [0.25, 0.3) is 0 Å². The van der Waals surface area contributed by atoms with Crippen molar-refractivity contribution in [2.45, 2.75) is 25.6 Å². The number of aliphatic hydroxyl groups is 1. The number of hydrogen-bond acceptors (Lipinski definition) is 3. The van der Waals surface area contributed by atoms with Crippen LogP contribution in [0.1, 0.15) is 25.0 Å². The average molecular weight is 267 g/mol. The SMILES string of the molecule is CC1OCCC1C(O)c1cc(Cl)sc1Cl. The zero-order chi connectivity index (χ0) is 11.0. The molecule has 0 amide bonds. The smallest absolute Gasteiger partial charge is 0.100 e. The number of rotatable bonds is 2. The molecule has 1 fully saturated rings. The van der Waals surface area contributed by atoms with Crippen molar-refractivity contribution in [2.75, 3.05) is 6.61 Å². The van der Waals surface area contributed by atoms with Crippen LogP contribution in [0.5, 0.6) is 0 Å². The molecule has 1 aromatic rings.